The Hall–Kier alpha value is -0.250. The molecule has 0 aliphatic heterocycles. The Balaban J connectivity index is 2.61. The molecule has 1 nitrogen and oxygen atoms in total. The largest absolute Gasteiger partial charge is 0.393 e. The Morgan fingerprint density at radius 2 is 1.83 bits per heavy atom. The Kier molecular flexibility index (Phi) is 2.66. The van der Waals surface area contributed by atoms with Crippen molar-refractivity contribution in [3.8, 4) is 0 Å². The van der Waals surface area contributed by atoms with E-state index in [4.69, 9.17) is 5.11 Å². The minimum atomic E-state index is -4.14. The molecule has 1 rings (SSSR count). The molecule has 1 aliphatic rings. The van der Waals surface area contributed by atoms with E-state index >= 15 is 0 Å². The van der Waals surface area contributed by atoms with Gasteiger partial charge in [-0.05, 0) is 25.2 Å². The average molecular weight is 182 g/mol. The first-order chi connectivity index (χ1) is 5.41. The summed E-state index contributed by atoms with van der Waals surface area (Å²) in [5, 5.41) is 9.06. The van der Waals surface area contributed by atoms with Gasteiger partial charge in [-0.3, -0.25) is 0 Å². The molecule has 0 aromatic rings. The summed E-state index contributed by atoms with van der Waals surface area (Å²) in [5.74, 6) is -1.64. The fraction of sp³-hybridized carbons (Fsp3) is 1.00. The van der Waals surface area contributed by atoms with Gasteiger partial charge >= 0.3 is 6.18 Å². The number of aliphatic hydroxyl groups is 1. The molecule has 0 bridgehead atoms. The second kappa shape index (κ2) is 3.24. The molecule has 0 heterocycles. The predicted molar refractivity (Wildman–Crippen MR) is 38.6 cm³/mol. The normalized spacial score (nSPS) is 38.2. The van der Waals surface area contributed by atoms with Crippen LogP contribution in [0.2, 0.25) is 0 Å². The monoisotopic (exact) mass is 182 g/mol. The third-order valence-corrected chi connectivity index (χ3v) is 2.59. The Morgan fingerprint density at radius 3 is 2.25 bits per heavy atom. The topological polar surface area (TPSA) is 20.2 Å². The van der Waals surface area contributed by atoms with Gasteiger partial charge in [0.1, 0.15) is 0 Å². The Morgan fingerprint density at radius 1 is 1.25 bits per heavy atom. The van der Waals surface area contributed by atoms with Crippen LogP contribution in [0.25, 0.3) is 0 Å². The van der Waals surface area contributed by atoms with Crippen LogP contribution in [0.3, 0.4) is 0 Å². The summed E-state index contributed by atoms with van der Waals surface area (Å²) in [6.45, 7) is 1.60. The molecule has 0 saturated heterocycles. The lowest BCUT2D eigenvalue weighted by molar-refractivity contribution is -0.202. The first kappa shape index (κ1) is 9.84. The van der Waals surface area contributed by atoms with E-state index in [0.717, 1.165) is 0 Å². The van der Waals surface area contributed by atoms with Crippen molar-refractivity contribution in [3.63, 3.8) is 0 Å². The highest BCUT2D eigenvalue weighted by Gasteiger charge is 2.45. The maximum atomic E-state index is 12.3. The van der Waals surface area contributed by atoms with Crippen LogP contribution in [0.15, 0.2) is 0 Å². The van der Waals surface area contributed by atoms with E-state index in [1.807, 2.05) is 0 Å². The Labute approximate surface area is 69.6 Å². The van der Waals surface area contributed by atoms with Gasteiger partial charge in [0.05, 0.1) is 12.0 Å². The zero-order valence-corrected chi connectivity index (χ0v) is 6.93. The fourth-order valence-corrected chi connectivity index (χ4v) is 1.76. The van der Waals surface area contributed by atoms with Crippen molar-refractivity contribution in [1.29, 1.82) is 0 Å². The van der Waals surface area contributed by atoms with Gasteiger partial charge in [-0.2, -0.15) is 13.2 Å². The smallest absolute Gasteiger partial charge is 0.392 e. The van der Waals surface area contributed by atoms with Crippen LogP contribution in [-0.4, -0.2) is 17.4 Å². The van der Waals surface area contributed by atoms with E-state index in [9.17, 15) is 13.2 Å². The number of alkyl halides is 3. The van der Waals surface area contributed by atoms with Crippen LogP contribution in [0.5, 0.6) is 0 Å². The predicted octanol–water partition coefficient (Wildman–Crippen LogP) is 2.35. The first-order valence-electron chi connectivity index (χ1n) is 4.16. The van der Waals surface area contributed by atoms with Gasteiger partial charge in [0, 0.05) is 0 Å². The first-order valence-corrected chi connectivity index (χ1v) is 4.16. The van der Waals surface area contributed by atoms with Gasteiger partial charge in [-0.1, -0.05) is 6.92 Å². The number of halogens is 3. The maximum Gasteiger partial charge on any atom is 0.392 e. The second-order valence-corrected chi connectivity index (χ2v) is 3.59. The zero-order valence-electron chi connectivity index (χ0n) is 6.93. The minimum Gasteiger partial charge on any atom is -0.393 e. The molecule has 4 heteroatoms. The summed E-state index contributed by atoms with van der Waals surface area (Å²) in [6.07, 6.45) is -4.03. The molecular formula is C8H13F3O. The van der Waals surface area contributed by atoms with E-state index < -0.39 is 18.2 Å². The van der Waals surface area contributed by atoms with Crippen molar-refractivity contribution < 1.29 is 18.3 Å². The van der Waals surface area contributed by atoms with Crippen molar-refractivity contribution in [2.24, 2.45) is 11.8 Å². The van der Waals surface area contributed by atoms with Gasteiger partial charge in [0.2, 0.25) is 0 Å². The van der Waals surface area contributed by atoms with Crippen LogP contribution >= 0.6 is 0 Å². The van der Waals surface area contributed by atoms with Crippen molar-refractivity contribution in [2.45, 2.75) is 38.5 Å². The van der Waals surface area contributed by atoms with Crippen LogP contribution in [0.1, 0.15) is 26.2 Å². The molecule has 1 unspecified atom stereocenters. The van der Waals surface area contributed by atoms with Gasteiger partial charge in [-0.25, -0.2) is 0 Å². The van der Waals surface area contributed by atoms with Gasteiger partial charge in [-0.15, -0.1) is 0 Å². The van der Waals surface area contributed by atoms with Crippen molar-refractivity contribution in [2.75, 3.05) is 0 Å². The molecule has 1 fully saturated rings. The molecule has 1 saturated carbocycles. The number of hydrogen-bond donors (Lipinski definition) is 1. The minimum absolute atomic E-state index is 0.120. The van der Waals surface area contributed by atoms with Crippen molar-refractivity contribution >= 4 is 0 Å². The molecule has 0 radical (unpaired) electrons. The molecule has 0 aromatic heterocycles. The molecule has 1 aliphatic carbocycles. The molecule has 3 atom stereocenters. The second-order valence-electron chi connectivity index (χ2n) is 3.59. The highest BCUT2D eigenvalue weighted by molar-refractivity contribution is 4.81. The molecular weight excluding hydrogens is 169 g/mol. The van der Waals surface area contributed by atoms with E-state index in [1.165, 1.54) is 0 Å². The third-order valence-electron chi connectivity index (χ3n) is 2.59. The van der Waals surface area contributed by atoms with E-state index in [-0.39, 0.29) is 12.3 Å². The van der Waals surface area contributed by atoms with Crippen LogP contribution in [0, 0.1) is 11.8 Å². The Bertz CT molecular complexity index is 155. The van der Waals surface area contributed by atoms with Crippen LogP contribution < -0.4 is 0 Å². The van der Waals surface area contributed by atoms with Crippen molar-refractivity contribution in [3.05, 3.63) is 0 Å². The summed E-state index contributed by atoms with van der Waals surface area (Å²) in [7, 11) is 0. The summed E-state index contributed by atoms with van der Waals surface area (Å²) in [6, 6.07) is 0. The summed E-state index contributed by atoms with van der Waals surface area (Å²) >= 11 is 0. The summed E-state index contributed by atoms with van der Waals surface area (Å²) < 4.78 is 36.8. The van der Waals surface area contributed by atoms with Crippen LogP contribution in [0.4, 0.5) is 13.2 Å². The number of aliphatic hydroxyl groups excluding tert-OH is 1. The van der Waals surface area contributed by atoms with E-state index in [0.29, 0.717) is 12.8 Å². The molecule has 72 valence electrons. The standard InChI is InChI=1S/C8H13F3O/c1-5-2-3-6(12)4-7(5)8(9,10)11/h5-7,12H,2-4H2,1H3/t5?,6-,7+/m1/s1. The van der Waals surface area contributed by atoms with E-state index in [1.54, 1.807) is 6.92 Å². The average Bonchev–Trinajstić information content (AvgIpc) is 1.92. The quantitative estimate of drug-likeness (QED) is 0.609. The molecule has 12 heavy (non-hydrogen) atoms. The number of hydrogen-bond acceptors (Lipinski definition) is 1. The van der Waals surface area contributed by atoms with Gasteiger partial charge in [0.15, 0.2) is 0 Å². The lowest BCUT2D eigenvalue weighted by Crippen LogP contribution is -2.36. The van der Waals surface area contributed by atoms with Gasteiger partial charge in [0.25, 0.3) is 0 Å². The van der Waals surface area contributed by atoms with Crippen molar-refractivity contribution in [1.82, 2.24) is 0 Å². The fourth-order valence-electron chi connectivity index (χ4n) is 1.76. The SMILES string of the molecule is CC1CC[C@@H](O)C[C@@H]1C(F)(F)F. The zero-order chi connectivity index (χ0) is 9.35. The summed E-state index contributed by atoms with van der Waals surface area (Å²) in [4.78, 5) is 0. The maximum absolute atomic E-state index is 12.3. The molecule has 0 spiro atoms. The molecule has 0 amide bonds. The molecule has 0 aromatic carbocycles. The molecule has 1 N–H and O–H groups in total. The van der Waals surface area contributed by atoms with Gasteiger partial charge < -0.3 is 5.11 Å². The third kappa shape index (κ3) is 2.12. The number of rotatable bonds is 0. The van der Waals surface area contributed by atoms with E-state index in [2.05, 4.69) is 0 Å². The lowest BCUT2D eigenvalue weighted by atomic mass is 9.78. The van der Waals surface area contributed by atoms with Crippen LogP contribution in [-0.2, 0) is 0 Å². The summed E-state index contributed by atoms with van der Waals surface area (Å²) in [5.41, 5.74) is 0. The lowest BCUT2D eigenvalue weighted by Gasteiger charge is -2.33. The highest BCUT2D eigenvalue weighted by atomic mass is 19.4. The highest BCUT2D eigenvalue weighted by Crippen LogP contribution is 2.41.